The van der Waals surface area contributed by atoms with Crippen LogP contribution in [0.25, 0.3) is 0 Å². The lowest BCUT2D eigenvalue weighted by Crippen LogP contribution is -2.17. The van der Waals surface area contributed by atoms with Crippen LogP contribution >= 0.6 is 11.6 Å². The molecule has 2 fully saturated rings. The average molecular weight is 313 g/mol. The van der Waals surface area contributed by atoms with E-state index in [0.29, 0.717) is 17.2 Å². The number of hydrogen-bond acceptors (Lipinski definition) is 5. The molecule has 21 heavy (non-hydrogen) atoms. The maximum Gasteiger partial charge on any atom is 0.293 e. The van der Waals surface area contributed by atoms with Crippen LogP contribution < -0.4 is 5.73 Å². The maximum absolute atomic E-state index is 9.60. The molecule has 0 bridgehead atoms. The summed E-state index contributed by atoms with van der Waals surface area (Å²) in [7, 11) is 0. The predicted octanol–water partition coefficient (Wildman–Crippen LogP) is 2.38. The van der Waals surface area contributed by atoms with Crippen LogP contribution in [-0.2, 0) is 20.0 Å². The van der Waals surface area contributed by atoms with Crippen molar-refractivity contribution in [3.8, 4) is 0 Å². The van der Waals surface area contributed by atoms with Gasteiger partial charge >= 0.3 is 0 Å². The molecule has 116 valence electrons. The van der Waals surface area contributed by atoms with E-state index in [2.05, 4.69) is 9.64 Å². The van der Waals surface area contributed by atoms with Crippen LogP contribution in [0.5, 0.6) is 0 Å². The number of hydrogen-bond donors (Lipinski definition) is 1. The third-order valence-corrected chi connectivity index (χ3v) is 3.70. The quantitative estimate of drug-likeness (QED) is 0.516. The zero-order valence-electron chi connectivity index (χ0n) is 12.6. The second-order valence-corrected chi connectivity index (χ2v) is 6.52. The first-order valence-electron chi connectivity index (χ1n) is 6.84. The van der Waals surface area contributed by atoms with Crippen LogP contribution in [0.3, 0.4) is 0 Å². The zero-order chi connectivity index (χ0) is 15.7. The fourth-order valence-electron chi connectivity index (χ4n) is 2.22. The minimum Gasteiger partial charge on any atom is -0.462 e. The Kier molecular flexibility index (Phi) is 4.46. The Morgan fingerprint density at radius 3 is 2.57 bits per heavy atom. The lowest BCUT2D eigenvalue weighted by molar-refractivity contribution is -0.138. The Labute approximate surface area is 130 Å². The molecule has 2 aliphatic heterocycles. The topological polar surface area (TPSA) is 64.6 Å². The summed E-state index contributed by atoms with van der Waals surface area (Å²) in [5.41, 5.74) is 6.91. The van der Waals surface area contributed by atoms with Gasteiger partial charge < -0.3 is 15.2 Å². The first-order chi connectivity index (χ1) is 9.78. The van der Waals surface area contributed by atoms with Gasteiger partial charge in [-0.1, -0.05) is 17.7 Å². The summed E-state index contributed by atoms with van der Waals surface area (Å²) >= 11 is 5.97. The lowest BCUT2D eigenvalue weighted by atomic mass is 10.1. The Balaban J connectivity index is 0.000000199. The molecule has 0 saturated carbocycles. The number of rotatable bonds is 2. The van der Waals surface area contributed by atoms with E-state index in [1.165, 1.54) is 0 Å². The summed E-state index contributed by atoms with van der Waals surface area (Å²) in [5, 5.41) is 0.610. The van der Waals surface area contributed by atoms with Crippen LogP contribution in [0.2, 0.25) is 5.02 Å². The highest BCUT2D eigenvalue weighted by Crippen LogP contribution is 2.47. The van der Waals surface area contributed by atoms with E-state index >= 15 is 0 Å². The number of halogens is 1. The third-order valence-electron chi connectivity index (χ3n) is 3.37. The van der Waals surface area contributed by atoms with Crippen molar-refractivity contribution >= 4 is 23.8 Å². The Morgan fingerprint density at radius 1 is 1.48 bits per heavy atom. The number of nitrogen functional groups attached to an aromatic ring is 1. The number of carbonyl (C=O) groups excluding carboxylic acids is 1. The second kappa shape index (κ2) is 5.83. The van der Waals surface area contributed by atoms with Crippen LogP contribution in [0.15, 0.2) is 18.2 Å². The molecule has 2 N–H and O–H groups in total. The van der Waals surface area contributed by atoms with Gasteiger partial charge in [0, 0.05) is 18.7 Å². The van der Waals surface area contributed by atoms with E-state index in [9.17, 15) is 4.79 Å². The van der Waals surface area contributed by atoms with Gasteiger partial charge in [0.15, 0.2) is 5.72 Å². The van der Waals surface area contributed by atoms with Crippen LogP contribution in [0.1, 0.15) is 26.3 Å². The Hall–Kier alpha value is -1.30. The van der Waals surface area contributed by atoms with E-state index in [1.54, 1.807) is 0 Å². The molecule has 2 saturated heterocycles. The normalized spacial score (nSPS) is 26.4. The van der Waals surface area contributed by atoms with E-state index in [4.69, 9.17) is 22.1 Å². The third kappa shape index (κ3) is 3.67. The second-order valence-electron chi connectivity index (χ2n) is 6.12. The molecule has 0 aromatic heterocycles. The van der Waals surface area contributed by atoms with E-state index in [1.807, 2.05) is 39.0 Å². The van der Waals surface area contributed by atoms with E-state index in [0.717, 1.165) is 25.3 Å². The van der Waals surface area contributed by atoms with Gasteiger partial charge in [-0.2, -0.15) is 0 Å². The van der Waals surface area contributed by atoms with E-state index in [-0.39, 0.29) is 11.3 Å². The van der Waals surface area contributed by atoms with Gasteiger partial charge in [-0.3, -0.25) is 9.69 Å². The molecule has 1 aromatic rings. The summed E-state index contributed by atoms with van der Waals surface area (Å²) in [6.45, 7) is 8.72. The highest BCUT2D eigenvalue weighted by Gasteiger charge is 2.58. The molecule has 0 radical (unpaired) electrons. The molecule has 2 aliphatic rings. The zero-order valence-corrected chi connectivity index (χ0v) is 13.3. The Morgan fingerprint density at radius 2 is 2.19 bits per heavy atom. The Bertz CT molecular complexity index is 530. The SMILES string of the molecule is CC(C)(C)OC=O.Nc1ccc(C23CN2CCO3)cc1Cl. The van der Waals surface area contributed by atoms with Crippen molar-refractivity contribution in [2.45, 2.75) is 32.1 Å². The number of carbonyl (C=O) groups is 1. The van der Waals surface area contributed by atoms with Gasteiger partial charge in [-0.05, 0) is 32.9 Å². The van der Waals surface area contributed by atoms with Gasteiger partial charge in [0.1, 0.15) is 5.60 Å². The molecule has 2 heterocycles. The predicted molar refractivity (Wildman–Crippen MR) is 82.0 cm³/mol. The van der Waals surface area contributed by atoms with Crippen molar-refractivity contribution in [2.75, 3.05) is 25.4 Å². The van der Waals surface area contributed by atoms with E-state index < -0.39 is 0 Å². The van der Waals surface area contributed by atoms with Crippen LogP contribution in [0, 0.1) is 0 Å². The number of nitrogens with zero attached hydrogens (tertiary/aromatic N) is 1. The summed E-state index contributed by atoms with van der Waals surface area (Å²) in [6, 6.07) is 5.74. The number of fused-ring (bicyclic) bond motifs is 1. The van der Waals surface area contributed by atoms with Gasteiger partial charge in [0.2, 0.25) is 0 Å². The molecule has 3 rings (SSSR count). The molecule has 6 heteroatoms. The molecule has 1 aromatic carbocycles. The lowest BCUT2D eigenvalue weighted by Gasteiger charge is -2.14. The minimum absolute atomic E-state index is 0.169. The first kappa shape index (κ1) is 16.1. The molecule has 0 aliphatic carbocycles. The van der Waals surface area contributed by atoms with Gasteiger partial charge in [0.05, 0.1) is 17.3 Å². The number of benzene rings is 1. The number of ether oxygens (including phenoxy) is 2. The highest BCUT2D eigenvalue weighted by atomic mass is 35.5. The molecule has 0 amide bonds. The first-order valence-corrected chi connectivity index (χ1v) is 7.22. The van der Waals surface area contributed by atoms with Crippen molar-refractivity contribution in [2.24, 2.45) is 0 Å². The molecule has 0 spiro atoms. The van der Waals surface area contributed by atoms with Gasteiger partial charge in [-0.15, -0.1) is 0 Å². The standard InChI is InChI=1S/C10H11ClN2O.C5H10O2/c11-8-5-7(1-2-9(8)12)10-6-13(10)3-4-14-10;1-5(2,3)7-4-6/h1-2,5H,3-4,6,12H2;4H,1-3H3. The summed E-state index contributed by atoms with van der Waals surface area (Å²) in [6.07, 6.45) is 0. The molecule has 5 nitrogen and oxygen atoms in total. The molecular formula is C15H21ClN2O3. The summed E-state index contributed by atoms with van der Waals surface area (Å²) in [5.74, 6) is 0. The van der Waals surface area contributed by atoms with Crippen molar-refractivity contribution in [1.82, 2.24) is 4.90 Å². The summed E-state index contributed by atoms with van der Waals surface area (Å²) < 4.78 is 10.3. The molecular weight excluding hydrogens is 292 g/mol. The van der Waals surface area contributed by atoms with Crippen LogP contribution in [-0.4, -0.2) is 36.7 Å². The summed E-state index contributed by atoms with van der Waals surface area (Å²) in [4.78, 5) is 11.9. The number of anilines is 1. The highest BCUT2D eigenvalue weighted by molar-refractivity contribution is 6.33. The van der Waals surface area contributed by atoms with Crippen molar-refractivity contribution < 1.29 is 14.3 Å². The number of nitrogens with two attached hydrogens (primary N) is 1. The van der Waals surface area contributed by atoms with Crippen molar-refractivity contribution in [1.29, 1.82) is 0 Å². The maximum atomic E-state index is 9.60. The fraction of sp³-hybridized carbons (Fsp3) is 0.533. The minimum atomic E-state index is -0.318. The smallest absolute Gasteiger partial charge is 0.293 e. The van der Waals surface area contributed by atoms with Gasteiger partial charge in [0.25, 0.3) is 6.47 Å². The van der Waals surface area contributed by atoms with Crippen LogP contribution in [0.4, 0.5) is 5.69 Å². The van der Waals surface area contributed by atoms with Crippen molar-refractivity contribution in [3.05, 3.63) is 28.8 Å². The average Bonchev–Trinajstić information content (AvgIpc) is 2.95. The van der Waals surface area contributed by atoms with Gasteiger partial charge in [-0.25, -0.2) is 0 Å². The monoisotopic (exact) mass is 312 g/mol. The molecule has 2 unspecified atom stereocenters. The number of morpholine rings is 1. The van der Waals surface area contributed by atoms with Crippen molar-refractivity contribution in [3.63, 3.8) is 0 Å². The fourth-order valence-corrected chi connectivity index (χ4v) is 2.40. The largest absolute Gasteiger partial charge is 0.462 e. The molecule has 2 atom stereocenters.